The van der Waals surface area contributed by atoms with Crippen LogP contribution in [0.2, 0.25) is 0 Å². The normalized spacial score (nSPS) is 15.9. The van der Waals surface area contributed by atoms with E-state index < -0.39 is 36.9 Å². The van der Waals surface area contributed by atoms with Crippen LogP contribution in [0.15, 0.2) is 54.9 Å². The van der Waals surface area contributed by atoms with E-state index in [1.54, 1.807) is 40.0 Å². The molecule has 2 aliphatic rings. The highest BCUT2D eigenvalue weighted by Gasteiger charge is 2.49. The van der Waals surface area contributed by atoms with Crippen LogP contribution in [0.1, 0.15) is 28.9 Å². The number of likely N-dealkylation sites (tertiary alicyclic amines) is 1. The van der Waals surface area contributed by atoms with Gasteiger partial charge in [0.05, 0.1) is 31.3 Å². The largest absolute Gasteiger partial charge is 0.496 e. The number of nitrogens with one attached hydrogen (secondary N) is 1. The predicted octanol–water partition coefficient (Wildman–Crippen LogP) is 4.91. The minimum atomic E-state index is -4.38. The average Bonchev–Trinajstić information content (AvgIpc) is 3.66. The first-order valence-electron chi connectivity index (χ1n) is 13.8. The SMILES string of the molecule is COc1ccccc1-c1cc(C2=CCCN(C(=O)CCn3ccnn3)C2)c(F)c2[nH]c(C(=O)N3CC(C(F)(F)F)C3)cc12. The van der Waals surface area contributed by atoms with Gasteiger partial charge in [-0.3, -0.25) is 14.3 Å². The van der Waals surface area contributed by atoms with Crippen molar-refractivity contribution in [3.05, 3.63) is 71.9 Å². The summed E-state index contributed by atoms with van der Waals surface area (Å²) in [5.74, 6) is -2.41. The number of fused-ring (bicyclic) bond motifs is 1. The molecule has 0 saturated carbocycles. The van der Waals surface area contributed by atoms with Gasteiger partial charge in [0.25, 0.3) is 5.91 Å². The number of hydrogen-bond donors (Lipinski definition) is 1. The first-order chi connectivity index (χ1) is 20.6. The van der Waals surface area contributed by atoms with Gasteiger partial charge >= 0.3 is 6.18 Å². The van der Waals surface area contributed by atoms with Gasteiger partial charge < -0.3 is 19.5 Å². The highest BCUT2D eigenvalue weighted by molar-refractivity contribution is 6.05. The number of methoxy groups -OCH3 is 1. The molecule has 1 saturated heterocycles. The molecule has 2 aromatic heterocycles. The predicted molar refractivity (Wildman–Crippen MR) is 150 cm³/mol. The molecule has 2 amide bonds. The van der Waals surface area contributed by atoms with Crippen LogP contribution in [0.3, 0.4) is 0 Å². The van der Waals surface area contributed by atoms with Gasteiger partial charge in [0.15, 0.2) is 5.82 Å². The van der Waals surface area contributed by atoms with E-state index in [9.17, 15) is 22.8 Å². The summed E-state index contributed by atoms with van der Waals surface area (Å²) in [6.07, 6.45) is 1.45. The molecule has 1 N–H and O–H groups in total. The second kappa shape index (κ2) is 11.2. The number of aromatic amines is 1. The highest BCUT2D eigenvalue weighted by Crippen LogP contribution is 2.41. The Morgan fingerprint density at radius 3 is 2.60 bits per heavy atom. The van der Waals surface area contributed by atoms with Crippen molar-refractivity contribution in [1.82, 2.24) is 29.8 Å². The number of alkyl halides is 3. The molecule has 0 spiro atoms. The zero-order chi connectivity index (χ0) is 30.3. The molecule has 43 heavy (non-hydrogen) atoms. The van der Waals surface area contributed by atoms with Gasteiger partial charge in [0.1, 0.15) is 11.4 Å². The first-order valence-corrected chi connectivity index (χ1v) is 13.8. The van der Waals surface area contributed by atoms with Gasteiger partial charge in [0, 0.05) is 55.3 Å². The number of aryl methyl sites for hydroxylation is 1. The molecule has 4 aromatic rings. The zero-order valence-corrected chi connectivity index (χ0v) is 23.2. The van der Waals surface area contributed by atoms with Gasteiger partial charge in [-0.25, -0.2) is 4.39 Å². The fourth-order valence-corrected chi connectivity index (χ4v) is 5.59. The number of ether oxygens (including phenoxy) is 1. The molecule has 0 aliphatic carbocycles. The van der Waals surface area contributed by atoms with Crippen LogP contribution in [0.5, 0.6) is 5.75 Å². The molecule has 1 fully saturated rings. The molecule has 13 heteroatoms. The first kappa shape index (κ1) is 28.4. The third-order valence-electron chi connectivity index (χ3n) is 7.99. The van der Waals surface area contributed by atoms with Gasteiger partial charge in [-0.05, 0) is 35.8 Å². The quantitative estimate of drug-likeness (QED) is 0.306. The Kier molecular flexibility index (Phi) is 7.40. The lowest BCUT2D eigenvalue weighted by atomic mass is 9.92. The third-order valence-corrected chi connectivity index (χ3v) is 7.99. The molecule has 9 nitrogen and oxygen atoms in total. The number of hydrogen-bond acceptors (Lipinski definition) is 5. The maximum atomic E-state index is 16.3. The van der Waals surface area contributed by atoms with E-state index in [4.69, 9.17) is 4.74 Å². The van der Waals surface area contributed by atoms with Crippen LogP contribution in [0.25, 0.3) is 27.6 Å². The van der Waals surface area contributed by atoms with E-state index in [0.717, 1.165) is 4.90 Å². The smallest absolute Gasteiger partial charge is 0.395 e. The van der Waals surface area contributed by atoms with Crippen molar-refractivity contribution in [1.29, 1.82) is 0 Å². The molecule has 4 heterocycles. The molecule has 6 rings (SSSR count). The fraction of sp³-hybridized carbons (Fsp3) is 0.333. The standard InChI is InChI=1S/C30H28F4N6O3/c1-43-25-7-3-2-6-20(25)22-13-21(18-5-4-10-38(15-18)26(41)8-11-40-12-9-35-37-40)27(31)28-23(22)14-24(36-28)29(42)39-16-19(17-39)30(32,33)34/h2-3,5-7,9,12-14,19,36H,4,8,10-11,15-17H2,1H3. The van der Waals surface area contributed by atoms with E-state index in [1.165, 1.54) is 19.4 Å². The molecule has 0 unspecified atom stereocenters. The second-order valence-corrected chi connectivity index (χ2v) is 10.7. The number of rotatable bonds is 7. The lowest BCUT2D eigenvalue weighted by Crippen LogP contribution is -2.55. The van der Waals surface area contributed by atoms with Crippen molar-refractivity contribution in [3.63, 3.8) is 0 Å². The molecule has 0 atom stereocenters. The van der Waals surface area contributed by atoms with Crippen molar-refractivity contribution < 1.29 is 31.9 Å². The van der Waals surface area contributed by atoms with E-state index in [2.05, 4.69) is 15.3 Å². The average molecular weight is 597 g/mol. The van der Waals surface area contributed by atoms with E-state index in [1.807, 2.05) is 12.1 Å². The van der Waals surface area contributed by atoms with E-state index >= 15 is 4.39 Å². The van der Waals surface area contributed by atoms with Crippen molar-refractivity contribution in [2.45, 2.75) is 25.6 Å². The minimum absolute atomic E-state index is 0.00892. The van der Waals surface area contributed by atoms with Crippen molar-refractivity contribution >= 4 is 28.3 Å². The van der Waals surface area contributed by atoms with Crippen LogP contribution >= 0.6 is 0 Å². The zero-order valence-electron chi connectivity index (χ0n) is 23.2. The number of halogens is 4. The minimum Gasteiger partial charge on any atom is -0.496 e. The number of aromatic nitrogens is 4. The Morgan fingerprint density at radius 2 is 1.88 bits per heavy atom. The van der Waals surface area contributed by atoms with Gasteiger partial charge in [0.2, 0.25) is 5.91 Å². The van der Waals surface area contributed by atoms with Crippen molar-refractivity contribution in [2.24, 2.45) is 5.92 Å². The number of carbonyl (C=O) groups excluding carboxylic acids is 2. The Balaban J connectivity index is 1.35. The highest BCUT2D eigenvalue weighted by atomic mass is 19.4. The summed E-state index contributed by atoms with van der Waals surface area (Å²) in [6, 6.07) is 10.3. The van der Waals surface area contributed by atoms with Crippen LogP contribution in [0, 0.1) is 11.7 Å². The Bertz CT molecular complexity index is 1710. The number of H-pyrrole nitrogens is 1. The molecule has 224 valence electrons. The number of nitrogens with zero attached hydrogens (tertiary/aromatic N) is 5. The van der Waals surface area contributed by atoms with E-state index in [0.29, 0.717) is 47.3 Å². The molecule has 2 aliphatic heterocycles. The molecule has 0 radical (unpaired) electrons. The van der Waals surface area contributed by atoms with Crippen LogP contribution < -0.4 is 4.74 Å². The number of benzene rings is 2. The van der Waals surface area contributed by atoms with Crippen molar-refractivity contribution in [3.8, 4) is 16.9 Å². The lowest BCUT2D eigenvalue weighted by Gasteiger charge is -2.39. The summed E-state index contributed by atoms with van der Waals surface area (Å²) in [5.41, 5.74) is 2.12. The summed E-state index contributed by atoms with van der Waals surface area (Å²) in [6.45, 7) is 0.144. The topological polar surface area (TPSA) is 96.3 Å². The Labute approximate surface area is 243 Å². The molecule has 2 aromatic carbocycles. The third kappa shape index (κ3) is 5.46. The number of para-hydroxylation sites is 1. The number of carbonyl (C=O) groups is 2. The summed E-state index contributed by atoms with van der Waals surface area (Å²) in [4.78, 5) is 31.7. The summed E-state index contributed by atoms with van der Waals surface area (Å²) >= 11 is 0. The summed E-state index contributed by atoms with van der Waals surface area (Å²) in [7, 11) is 1.51. The summed E-state index contributed by atoms with van der Waals surface area (Å²) < 4.78 is 62.5. The number of amides is 2. The summed E-state index contributed by atoms with van der Waals surface area (Å²) in [5, 5.41) is 8.01. The molecule has 0 bridgehead atoms. The molecular weight excluding hydrogens is 568 g/mol. The Hall–Kier alpha value is -4.68. The Morgan fingerprint density at radius 1 is 1.09 bits per heavy atom. The lowest BCUT2D eigenvalue weighted by molar-refractivity contribution is -0.202. The van der Waals surface area contributed by atoms with Crippen LogP contribution in [-0.4, -0.2) is 81.1 Å². The van der Waals surface area contributed by atoms with Gasteiger partial charge in [-0.15, -0.1) is 5.10 Å². The van der Waals surface area contributed by atoms with Gasteiger partial charge in [-0.1, -0.05) is 29.5 Å². The van der Waals surface area contributed by atoms with Gasteiger partial charge in [-0.2, -0.15) is 13.2 Å². The maximum absolute atomic E-state index is 16.3. The van der Waals surface area contributed by atoms with E-state index in [-0.39, 0.29) is 35.6 Å². The maximum Gasteiger partial charge on any atom is 0.395 e. The van der Waals surface area contributed by atoms with Crippen molar-refractivity contribution in [2.75, 3.05) is 33.3 Å². The fourth-order valence-electron chi connectivity index (χ4n) is 5.59. The van der Waals surface area contributed by atoms with Crippen LogP contribution in [0.4, 0.5) is 17.6 Å². The monoisotopic (exact) mass is 596 g/mol. The van der Waals surface area contributed by atoms with Crippen LogP contribution in [-0.2, 0) is 11.3 Å². The molecular formula is C30H28F4N6O3. The second-order valence-electron chi connectivity index (χ2n) is 10.7.